The highest BCUT2D eigenvalue weighted by atomic mass is 15.0. The molecule has 8 heterocycles. The molecule has 28 rings (SSSR count). The van der Waals surface area contributed by atoms with Crippen molar-refractivity contribution in [2.75, 3.05) is 0 Å². The normalized spacial score (nSPS) is 12.6. The summed E-state index contributed by atoms with van der Waals surface area (Å²) in [4.78, 5) is 0. The molecular weight excluding hydrogens is 1590 g/mol. The molecule has 4 nitrogen and oxygen atoms in total. The third-order valence-electron chi connectivity index (χ3n) is 29.7. The van der Waals surface area contributed by atoms with E-state index >= 15 is 0 Å². The van der Waals surface area contributed by atoms with Crippen molar-refractivity contribution >= 4 is 152 Å². The lowest BCUT2D eigenvalue weighted by molar-refractivity contribution is 0.522. The Morgan fingerprint density at radius 3 is 0.712 bits per heavy atom. The molecule has 0 amide bonds. The maximum Gasteiger partial charge on any atom is 0.0634 e. The molecule has 618 valence electrons. The van der Waals surface area contributed by atoms with Gasteiger partial charge < -0.3 is 17.6 Å². The van der Waals surface area contributed by atoms with Gasteiger partial charge in [0.1, 0.15) is 0 Å². The quantitative estimate of drug-likeness (QED) is 0.109. The molecule has 0 bridgehead atoms. The average molecular weight is 1680 g/mol. The first kappa shape index (κ1) is 74.7. The molecule has 0 fully saturated rings. The SMILES string of the molecule is CC(C)(C)c1ccc(-c2cc3c4ccccc4n4c5c(-c6ccccc6)c6c7cc(-c8ccc(C(C)(C)Cc9ccc(-c%10ccc%11c(c%10)c%10cc(-c%12ccccc%12)cc%12c%13c(-c%14ccccc%14)c%14c(c(-c%15ccccc%15)c%13n%11c%10%12)c%10cc(-c%11ccccc%11)cc%11c%12cc(-c%13ccccc%13)ccc%12n%14c%11%10)cc9)cc8)cc8c9ccccc9n(c6c(-c6ccccc6)c5c(c2)c34)c87)cc1. The first-order chi connectivity index (χ1) is 64.9. The maximum absolute atomic E-state index is 2.67. The number of para-hydroxylation sites is 2. The van der Waals surface area contributed by atoms with Crippen LogP contribution in [0.25, 0.3) is 264 Å². The number of benzene rings is 20. The number of nitrogens with zero attached hydrogens (tertiary/aromatic N) is 4. The van der Waals surface area contributed by atoms with Gasteiger partial charge in [-0.25, -0.2) is 0 Å². The van der Waals surface area contributed by atoms with E-state index in [1.807, 2.05) is 0 Å². The van der Waals surface area contributed by atoms with Gasteiger partial charge in [-0.3, -0.25) is 0 Å². The first-order valence-electron chi connectivity index (χ1n) is 46.5. The summed E-state index contributed by atoms with van der Waals surface area (Å²) in [6, 6.07) is 159. The zero-order valence-electron chi connectivity index (χ0n) is 73.8. The van der Waals surface area contributed by atoms with Crippen LogP contribution in [-0.4, -0.2) is 17.6 Å². The Hall–Kier alpha value is -16.4. The Bertz CT molecular complexity index is 9570. The molecule has 0 atom stereocenters. The smallest absolute Gasteiger partial charge is 0.0634 e. The van der Waals surface area contributed by atoms with Crippen molar-refractivity contribution in [3.05, 3.63) is 435 Å². The molecule has 0 aliphatic carbocycles. The molecule has 0 aliphatic heterocycles. The molecule has 28 aromatic rings. The molecule has 20 aromatic carbocycles. The van der Waals surface area contributed by atoms with Gasteiger partial charge in [-0.05, 0) is 208 Å². The van der Waals surface area contributed by atoms with Gasteiger partial charge in [-0.1, -0.05) is 368 Å². The van der Waals surface area contributed by atoms with Crippen molar-refractivity contribution in [3.8, 4) is 111 Å². The minimum Gasteiger partial charge on any atom is -0.307 e. The number of fused-ring (bicyclic) bond motifs is 24. The summed E-state index contributed by atoms with van der Waals surface area (Å²) >= 11 is 0. The van der Waals surface area contributed by atoms with E-state index in [4.69, 9.17) is 0 Å². The van der Waals surface area contributed by atoms with Crippen molar-refractivity contribution in [1.82, 2.24) is 17.6 Å². The van der Waals surface area contributed by atoms with Crippen molar-refractivity contribution in [1.29, 1.82) is 0 Å². The molecule has 0 saturated carbocycles. The van der Waals surface area contributed by atoms with Crippen molar-refractivity contribution in [3.63, 3.8) is 0 Å². The Kier molecular flexibility index (Phi) is 15.7. The van der Waals surface area contributed by atoms with Crippen LogP contribution < -0.4 is 0 Å². The fourth-order valence-electron chi connectivity index (χ4n) is 23.7. The molecule has 0 radical (unpaired) electrons. The van der Waals surface area contributed by atoms with Crippen molar-refractivity contribution < 1.29 is 0 Å². The number of aromatic nitrogens is 4. The van der Waals surface area contributed by atoms with Crippen LogP contribution in [0.2, 0.25) is 0 Å². The second-order valence-corrected chi connectivity index (χ2v) is 38.6. The van der Waals surface area contributed by atoms with E-state index in [9.17, 15) is 0 Å². The molecule has 0 saturated heterocycles. The van der Waals surface area contributed by atoms with Gasteiger partial charge >= 0.3 is 0 Å². The lowest BCUT2D eigenvalue weighted by Crippen LogP contribution is -2.20. The minimum absolute atomic E-state index is 0.0360. The van der Waals surface area contributed by atoms with E-state index in [-0.39, 0.29) is 10.8 Å². The van der Waals surface area contributed by atoms with E-state index in [1.54, 1.807) is 0 Å². The summed E-state index contributed by atoms with van der Waals surface area (Å²) in [6.07, 6.45) is 0.863. The van der Waals surface area contributed by atoms with Gasteiger partial charge in [0.05, 0.1) is 66.2 Å². The zero-order valence-corrected chi connectivity index (χ0v) is 73.8. The number of hydrogen-bond donors (Lipinski definition) is 0. The van der Waals surface area contributed by atoms with E-state index in [0.29, 0.717) is 0 Å². The van der Waals surface area contributed by atoms with E-state index in [2.05, 4.69) is 471 Å². The largest absolute Gasteiger partial charge is 0.307 e. The van der Waals surface area contributed by atoms with Gasteiger partial charge in [-0.15, -0.1) is 0 Å². The molecule has 132 heavy (non-hydrogen) atoms. The van der Waals surface area contributed by atoms with Crippen LogP contribution in [0.1, 0.15) is 51.3 Å². The third kappa shape index (κ3) is 10.7. The van der Waals surface area contributed by atoms with Crippen LogP contribution in [0.5, 0.6) is 0 Å². The van der Waals surface area contributed by atoms with Crippen molar-refractivity contribution in [2.24, 2.45) is 0 Å². The predicted octanol–water partition coefficient (Wildman–Crippen LogP) is 34.8. The van der Waals surface area contributed by atoms with Crippen LogP contribution in [0.15, 0.2) is 419 Å². The molecule has 8 aromatic heterocycles. The Morgan fingerprint density at radius 2 is 0.394 bits per heavy atom. The molecular formula is C128H86N4. The highest BCUT2D eigenvalue weighted by Crippen LogP contribution is 2.59. The van der Waals surface area contributed by atoms with Crippen LogP contribution in [0, 0.1) is 0 Å². The summed E-state index contributed by atoms with van der Waals surface area (Å²) in [5, 5.41) is 20.0. The maximum atomic E-state index is 2.67. The summed E-state index contributed by atoms with van der Waals surface area (Å²) < 4.78 is 10.6. The zero-order chi connectivity index (χ0) is 87.3. The monoisotopic (exact) mass is 1680 g/mol. The topological polar surface area (TPSA) is 17.6 Å². The predicted molar refractivity (Wildman–Crippen MR) is 561 cm³/mol. The lowest BCUT2D eigenvalue weighted by Gasteiger charge is -2.26. The molecule has 0 N–H and O–H groups in total. The fraction of sp³-hybridized carbons (Fsp3) is 0.0625. The second-order valence-electron chi connectivity index (χ2n) is 38.6. The van der Waals surface area contributed by atoms with Crippen molar-refractivity contribution in [2.45, 2.75) is 51.9 Å². The molecule has 4 heteroatoms. The first-order valence-corrected chi connectivity index (χ1v) is 46.5. The fourth-order valence-corrected chi connectivity index (χ4v) is 23.7. The van der Waals surface area contributed by atoms with Gasteiger partial charge in [0.15, 0.2) is 0 Å². The van der Waals surface area contributed by atoms with Gasteiger partial charge in [-0.2, -0.15) is 0 Å². The van der Waals surface area contributed by atoms with E-state index in [0.717, 1.165) is 6.42 Å². The molecule has 0 aliphatic rings. The lowest BCUT2D eigenvalue weighted by atomic mass is 9.78. The average Bonchev–Trinajstić information content (AvgIpc) is 1.49. The van der Waals surface area contributed by atoms with E-state index in [1.165, 1.54) is 280 Å². The number of rotatable bonds is 13. The second kappa shape index (κ2) is 27.8. The number of hydrogen-bond acceptors (Lipinski definition) is 0. The van der Waals surface area contributed by atoms with Crippen LogP contribution in [0.4, 0.5) is 0 Å². The molecule has 0 spiro atoms. The molecule has 0 unspecified atom stereocenters. The Labute approximate surface area is 763 Å². The van der Waals surface area contributed by atoms with Gasteiger partial charge in [0.2, 0.25) is 0 Å². The summed E-state index contributed by atoms with van der Waals surface area (Å²) in [6.45, 7) is 11.7. The van der Waals surface area contributed by atoms with Gasteiger partial charge in [0.25, 0.3) is 0 Å². The summed E-state index contributed by atoms with van der Waals surface area (Å²) in [7, 11) is 0. The van der Waals surface area contributed by atoms with Gasteiger partial charge in [0, 0.05) is 108 Å². The summed E-state index contributed by atoms with van der Waals surface area (Å²) in [5.74, 6) is 0. The highest BCUT2D eigenvalue weighted by Gasteiger charge is 2.36. The van der Waals surface area contributed by atoms with E-state index < -0.39 is 0 Å². The highest BCUT2D eigenvalue weighted by molar-refractivity contribution is 6.41. The minimum atomic E-state index is -0.203. The Balaban J connectivity index is 0.586. The third-order valence-corrected chi connectivity index (χ3v) is 29.7. The standard InChI is InChI=1S/C128H86N4/c1-127(2,3)93-59-53-81(54-60-93)91-67-99-95-45-27-29-47-107(95)129-119(99)103(73-91)115-111(83-37-19-9-20-38-83)124-116(112(123(115)129)84-39-21-10-22-40-84)104-74-92(68-100-96-46-28-30-48-108(96)130(124)120(100)104)82-55-61-94(62-56-82)128(4,5)75-76-49-51-80(52-50-76)88-58-64-110-98(66-88)102-70-90(79-35-17-8-18-36-79)72-106-118-113(85-41-23-11-24-42-85)125-117(114(86-43-25-12-26-44-86)126(118)132(110)122(102)106)105-71-89(78-33-15-7-16-34-78)69-101-97-65-87(77-31-13-6-14-32-77)57-63-109(97)131(125)121(101)105/h6-74H,75H2,1-5H3. The Morgan fingerprint density at radius 1 is 0.167 bits per heavy atom. The van der Waals surface area contributed by atoms with Crippen LogP contribution in [0.3, 0.4) is 0 Å². The summed E-state index contributed by atoms with van der Waals surface area (Å²) in [5.41, 5.74) is 42.6. The van der Waals surface area contributed by atoms with Crippen LogP contribution >= 0.6 is 0 Å². The van der Waals surface area contributed by atoms with Crippen LogP contribution in [-0.2, 0) is 17.3 Å².